The maximum atomic E-state index is 5.06. The highest BCUT2D eigenvalue weighted by molar-refractivity contribution is 14.0. The molecule has 0 atom stereocenters. The molecular weight excluding hydrogens is 425 g/mol. The quantitative estimate of drug-likeness (QED) is 0.244. The van der Waals surface area contributed by atoms with Gasteiger partial charge in [0.2, 0.25) is 0 Å². The molecule has 1 rings (SSSR count). The Labute approximate surface area is 161 Å². The Morgan fingerprint density at radius 1 is 1.35 bits per heavy atom. The summed E-state index contributed by atoms with van der Waals surface area (Å²) in [5.74, 6) is 0.845. The Morgan fingerprint density at radius 3 is 2.70 bits per heavy atom. The lowest BCUT2D eigenvalue weighted by molar-refractivity contribution is 0.180. The maximum absolute atomic E-state index is 5.06. The van der Waals surface area contributed by atoms with Crippen molar-refractivity contribution < 1.29 is 4.74 Å². The first-order valence-electron chi connectivity index (χ1n) is 7.68. The van der Waals surface area contributed by atoms with Gasteiger partial charge in [-0.3, -0.25) is 4.99 Å². The summed E-state index contributed by atoms with van der Waals surface area (Å²) in [6, 6.07) is 0. The van der Waals surface area contributed by atoms with Crippen molar-refractivity contribution in [2.75, 3.05) is 54.0 Å². The summed E-state index contributed by atoms with van der Waals surface area (Å²) in [6.45, 7) is 6.59. The van der Waals surface area contributed by atoms with E-state index in [0.717, 1.165) is 62.3 Å². The van der Waals surface area contributed by atoms with Crippen LogP contribution in [0.25, 0.3) is 0 Å². The minimum absolute atomic E-state index is 0. The number of aryl methyl sites for hydroxylation is 1. The van der Waals surface area contributed by atoms with Crippen molar-refractivity contribution >= 4 is 41.3 Å². The third-order valence-corrected chi connectivity index (χ3v) is 4.06. The SMILES string of the molecule is CN=C(NCCc1csc(C)n1)NCCN(C)CCCOC.I. The molecule has 0 aromatic carbocycles. The van der Waals surface area contributed by atoms with E-state index in [2.05, 4.69) is 37.9 Å². The minimum Gasteiger partial charge on any atom is -0.385 e. The predicted molar refractivity (Wildman–Crippen MR) is 109 cm³/mol. The third-order valence-electron chi connectivity index (χ3n) is 3.24. The molecule has 0 aliphatic rings. The molecule has 1 aromatic rings. The van der Waals surface area contributed by atoms with Crippen molar-refractivity contribution in [1.82, 2.24) is 20.5 Å². The summed E-state index contributed by atoms with van der Waals surface area (Å²) < 4.78 is 5.06. The van der Waals surface area contributed by atoms with E-state index in [0.29, 0.717) is 0 Å². The van der Waals surface area contributed by atoms with E-state index in [9.17, 15) is 0 Å². The van der Waals surface area contributed by atoms with Gasteiger partial charge in [0.05, 0.1) is 10.7 Å². The molecule has 0 aliphatic heterocycles. The number of ether oxygens (including phenoxy) is 1. The molecule has 0 bridgehead atoms. The highest BCUT2D eigenvalue weighted by atomic mass is 127. The largest absolute Gasteiger partial charge is 0.385 e. The highest BCUT2D eigenvalue weighted by Crippen LogP contribution is 2.07. The Bertz CT molecular complexity index is 441. The van der Waals surface area contributed by atoms with Crippen LogP contribution in [0.4, 0.5) is 0 Å². The van der Waals surface area contributed by atoms with Gasteiger partial charge in [0, 0.05) is 58.7 Å². The number of rotatable bonds is 10. The smallest absolute Gasteiger partial charge is 0.191 e. The number of aromatic nitrogens is 1. The average Bonchev–Trinajstić information content (AvgIpc) is 2.91. The van der Waals surface area contributed by atoms with Crippen LogP contribution in [-0.2, 0) is 11.2 Å². The van der Waals surface area contributed by atoms with Crippen LogP contribution < -0.4 is 10.6 Å². The normalized spacial score (nSPS) is 11.4. The Hall–Kier alpha value is -0.450. The lowest BCUT2D eigenvalue weighted by Crippen LogP contribution is -2.41. The van der Waals surface area contributed by atoms with Crippen LogP contribution in [0.5, 0.6) is 0 Å². The molecule has 0 amide bonds. The molecule has 0 saturated carbocycles. The van der Waals surface area contributed by atoms with E-state index >= 15 is 0 Å². The summed E-state index contributed by atoms with van der Waals surface area (Å²) in [5, 5.41) is 9.88. The number of hydrogen-bond donors (Lipinski definition) is 2. The number of thiazole rings is 1. The van der Waals surface area contributed by atoms with Crippen LogP contribution in [0.3, 0.4) is 0 Å². The summed E-state index contributed by atoms with van der Waals surface area (Å²) in [5.41, 5.74) is 1.14. The van der Waals surface area contributed by atoms with Gasteiger partial charge in [-0.15, -0.1) is 35.3 Å². The number of aliphatic imine (C=N–C) groups is 1. The standard InChI is InChI=1S/C15H29N5OS.HI/c1-13-19-14(12-22-13)6-7-17-15(16-2)18-8-10-20(3)9-5-11-21-4;/h12H,5-11H2,1-4H3,(H2,16,17,18);1H. The monoisotopic (exact) mass is 455 g/mol. The first-order valence-corrected chi connectivity index (χ1v) is 8.56. The zero-order chi connectivity index (χ0) is 16.2. The van der Waals surface area contributed by atoms with Crippen molar-refractivity contribution in [2.45, 2.75) is 19.8 Å². The first kappa shape index (κ1) is 22.6. The molecule has 0 saturated heterocycles. The molecule has 134 valence electrons. The summed E-state index contributed by atoms with van der Waals surface area (Å²) in [4.78, 5) is 11.0. The van der Waals surface area contributed by atoms with Crippen molar-refractivity contribution in [3.05, 3.63) is 16.1 Å². The molecule has 0 aliphatic carbocycles. The fourth-order valence-corrected chi connectivity index (χ4v) is 2.66. The molecule has 0 spiro atoms. The predicted octanol–water partition coefficient (Wildman–Crippen LogP) is 1.75. The molecular formula is C15H30IN5OS. The number of hydrogen-bond acceptors (Lipinski definition) is 5. The summed E-state index contributed by atoms with van der Waals surface area (Å²) in [7, 11) is 5.66. The lowest BCUT2D eigenvalue weighted by atomic mass is 10.3. The van der Waals surface area contributed by atoms with Crippen molar-refractivity contribution in [2.24, 2.45) is 4.99 Å². The minimum atomic E-state index is 0. The first-order chi connectivity index (χ1) is 10.7. The lowest BCUT2D eigenvalue weighted by Gasteiger charge is -2.18. The number of nitrogens with zero attached hydrogens (tertiary/aromatic N) is 3. The molecule has 0 unspecified atom stereocenters. The highest BCUT2D eigenvalue weighted by Gasteiger charge is 2.02. The van der Waals surface area contributed by atoms with Crippen LogP contribution in [0.1, 0.15) is 17.1 Å². The molecule has 0 radical (unpaired) electrons. The fourth-order valence-electron chi connectivity index (χ4n) is 2.01. The molecule has 1 aromatic heterocycles. The number of halogens is 1. The van der Waals surface area contributed by atoms with E-state index in [1.807, 2.05) is 6.92 Å². The van der Waals surface area contributed by atoms with Crippen molar-refractivity contribution in [1.29, 1.82) is 0 Å². The molecule has 2 N–H and O–H groups in total. The number of methoxy groups -OCH3 is 1. The van der Waals surface area contributed by atoms with Gasteiger partial charge >= 0.3 is 0 Å². The molecule has 0 fully saturated rings. The second-order valence-electron chi connectivity index (χ2n) is 5.18. The van der Waals surface area contributed by atoms with Crippen LogP contribution >= 0.6 is 35.3 Å². The van der Waals surface area contributed by atoms with Crippen molar-refractivity contribution in [3.8, 4) is 0 Å². The Balaban J connectivity index is 0.00000484. The van der Waals surface area contributed by atoms with Gasteiger partial charge in [-0.2, -0.15) is 0 Å². The van der Waals surface area contributed by atoms with Crippen molar-refractivity contribution in [3.63, 3.8) is 0 Å². The zero-order valence-electron chi connectivity index (χ0n) is 14.6. The molecule has 6 nitrogen and oxygen atoms in total. The second kappa shape index (κ2) is 13.9. The van der Waals surface area contributed by atoms with Gasteiger partial charge in [0.15, 0.2) is 5.96 Å². The fraction of sp³-hybridized carbons (Fsp3) is 0.733. The van der Waals surface area contributed by atoms with E-state index in [1.54, 1.807) is 25.5 Å². The summed E-state index contributed by atoms with van der Waals surface area (Å²) in [6.07, 6.45) is 1.98. The van der Waals surface area contributed by atoms with Crippen LogP contribution in [0, 0.1) is 6.92 Å². The van der Waals surface area contributed by atoms with E-state index in [-0.39, 0.29) is 24.0 Å². The number of nitrogens with one attached hydrogen (secondary N) is 2. The Kier molecular flexibility index (Phi) is 13.7. The van der Waals surface area contributed by atoms with Gasteiger partial charge < -0.3 is 20.3 Å². The second-order valence-corrected chi connectivity index (χ2v) is 6.25. The van der Waals surface area contributed by atoms with E-state index in [1.165, 1.54) is 0 Å². The number of guanidine groups is 1. The maximum Gasteiger partial charge on any atom is 0.191 e. The van der Waals surface area contributed by atoms with Gasteiger partial charge in [-0.25, -0.2) is 4.98 Å². The number of likely N-dealkylation sites (N-methyl/N-ethyl adjacent to an activating group) is 1. The van der Waals surface area contributed by atoms with Crippen LogP contribution in [0.15, 0.2) is 10.4 Å². The molecule has 8 heteroatoms. The Morgan fingerprint density at radius 2 is 2.09 bits per heavy atom. The van der Waals surface area contributed by atoms with Gasteiger partial charge in [-0.1, -0.05) is 0 Å². The zero-order valence-corrected chi connectivity index (χ0v) is 17.7. The topological polar surface area (TPSA) is 61.8 Å². The summed E-state index contributed by atoms with van der Waals surface area (Å²) >= 11 is 1.69. The molecule has 1 heterocycles. The van der Waals surface area contributed by atoms with Gasteiger partial charge in [0.1, 0.15) is 0 Å². The van der Waals surface area contributed by atoms with E-state index < -0.39 is 0 Å². The molecule has 23 heavy (non-hydrogen) atoms. The third kappa shape index (κ3) is 10.9. The van der Waals surface area contributed by atoms with Crippen LogP contribution in [0.2, 0.25) is 0 Å². The van der Waals surface area contributed by atoms with Gasteiger partial charge in [-0.05, 0) is 20.4 Å². The van der Waals surface area contributed by atoms with Gasteiger partial charge in [0.25, 0.3) is 0 Å². The van der Waals surface area contributed by atoms with E-state index in [4.69, 9.17) is 4.74 Å². The van der Waals surface area contributed by atoms with Crippen LogP contribution in [-0.4, -0.2) is 69.8 Å². The average molecular weight is 455 g/mol.